The average Bonchev–Trinajstić information content (AvgIpc) is 2.46. The van der Waals surface area contributed by atoms with Gasteiger partial charge in [-0.05, 0) is 25.0 Å². The summed E-state index contributed by atoms with van der Waals surface area (Å²) in [5, 5.41) is 11.4. The van der Waals surface area contributed by atoms with Crippen LogP contribution in [-0.2, 0) is 0 Å². The highest BCUT2D eigenvalue weighted by molar-refractivity contribution is 5.67. The van der Waals surface area contributed by atoms with Crippen LogP contribution in [0.1, 0.15) is 31.0 Å². The van der Waals surface area contributed by atoms with E-state index in [1.807, 2.05) is 6.07 Å². The van der Waals surface area contributed by atoms with E-state index in [0.29, 0.717) is 11.6 Å². The SMILES string of the molecule is [O-][n+]1cccc2nc(C3CCC3)[nH]c21. The van der Waals surface area contributed by atoms with Gasteiger partial charge in [0.05, 0.1) is 6.20 Å². The number of hydrogen-bond acceptors (Lipinski definition) is 2. The molecule has 2 heterocycles. The summed E-state index contributed by atoms with van der Waals surface area (Å²) in [7, 11) is 0. The number of rotatable bonds is 1. The van der Waals surface area contributed by atoms with Gasteiger partial charge in [0.2, 0.25) is 0 Å². The van der Waals surface area contributed by atoms with E-state index in [1.54, 1.807) is 6.07 Å². The molecule has 1 saturated carbocycles. The second kappa shape index (κ2) is 2.70. The number of nitrogens with zero attached hydrogens (tertiary/aromatic N) is 2. The topological polar surface area (TPSA) is 55.6 Å². The van der Waals surface area contributed by atoms with Gasteiger partial charge in [-0.25, -0.2) is 14.7 Å². The lowest BCUT2D eigenvalue weighted by molar-refractivity contribution is -0.579. The van der Waals surface area contributed by atoms with E-state index >= 15 is 0 Å². The minimum absolute atomic E-state index is 0.544. The fraction of sp³-hybridized carbons (Fsp3) is 0.400. The summed E-state index contributed by atoms with van der Waals surface area (Å²) in [4.78, 5) is 7.52. The third kappa shape index (κ3) is 0.999. The van der Waals surface area contributed by atoms with Crippen LogP contribution < -0.4 is 4.73 Å². The Hall–Kier alpha value is -1.58. The fourth-order valence-electron chi connectivity index (χ4n) is 1.84. The van der Waals surface area contributed by atoms with Crippen molar-refractivity contribution in [2.45, 2.75) is 25.2 Å². The molecule has 0 radical (unpaired) electrons. The molecule has 4 nitrogen and oxygen atoms in total. The van der Waals surface area contributed by atoms with Crippen LogP contribution in [0.2, 0.25) is 0 Å². The Kier molecular flexibility index (Phi) is 1.50. The first-order chi connectivity index (χ1) is 6.84. The standard InChI is InChI=1S/C10H11N3O/c14-13-6-2-5-8-10(13)12-9(11-8)7-3-1-4-7/h2,5-7H,1,3-4H2,(H,11,12). The van der Waals surface area contributed by atoms with Crippen LogP contribution in [0.3, 0.4) is 0 Å². The third-order valence-electron chi connectivity index (χ3n) is 2.92. The van der Waals surface area contributed by atoms with Gasteiger partial charge in [-0.15, -0.1) is 0 Å². The van der Waals surface area contributed by atoms with E-state index < -0.39 is 0 Å². The number of fused-ring (bicyclic) bond motifs is 1. The van der Waals surface area contributed by atoms with E-state index in [0.717, 1.165) is 16.1 Å². The van der Waals surface area contributed by atoms with Crippen LogP contribution in [0.25, 0.3) is 11.2 Å². The van der Waals surface area contributed by atoms with Crippen LogP contribution in [0.5, 0.6) is 0 Å². The molecule has 0 spiro atoms. The smallest absolute Gasteiger partial charge is 0.309 e. The second-order valence-corrected chi connectivity index (χ2v) is 3.82. The maximum atomic E-state index is 11.4. The molecule has 1 fully saturated rings. The largest absolute Gasteiger partial charge is 0.711 e. The summed E-state index contributed by atoms with van der Waals surface area (Å²) in [5.41, 5.74) is 1.35. The Balaban J connectivity index is 2.15. The highest BCUT2D eigenvalue weighted by atomic mass is 16.5. The highest BCUT2D eigenvalue weighted by Gasteiger charge is 2.26. The number of H-pyrrole nitrogens is 1. The molecular weight excluding hydrogens is 178 g/mol. The second-order valence-electron chi connectivity index (χ2n) is 3.82. The van der Waals surface area contributed by atoms with Crippen molar-refractivity contribution in [3.8, 4) is 0 Å². The summed E-state index contributed by atoms with van der Waals surface area (Å²) < 4.78 is 0.838. The van der Waals surface area contributed by atoms with Gasteiger partial charge < -0.3 is 5.21 Å². The molecular formula is C10H11N3O. The van der Waals surface area contributed by atoms with E-state index in [-0.39, 0.29) is 0 Å². The molecule has 0 atom stereocenters. The lowest BCUT2D eigenvalue weighted by atomic mass is 9.85. The quantitative estimate of drug-likeness (QED) is 0.545. The summed E-state index contributed by atoms with van der Waals surface area (Å²) in [6, 6.07) is 3.59. The molecule has 1 N–H and O–H groups in total. The maximum Gasteiger partial charge on any atom is 0.309 e. The lowest BCUT2D eigenvalue weighted by Gasteiger charge is -2.20. The van der Waals surface area contributed by atoms with Crippen molar-refractivity contribution >= 4 is 11.2 Å². The zero-order valence-corrected chi connectivity index (χ0v) is 7.73. The first-order valence-corrected chi connectivity index (χ1v) is 4.92. The summed E-state index contributed by atoms with van der Waals surface area (Å²) in [6.45, 7) is 0. The van der Waals surface area contributed by atoms with Crippen molar-refractivity contribution in [1.82, 2.24) is 9.97 Å². The molecule has 2 aromatic rings. The molecule has 4 heteroatoms. The summed E-state index contributed by atoms with van der Waals surface area (Å²) in [6.07, 6.45) is 5.15. The molecule has 3 rings (SSSR count). The van der Waals surface area contributed by atoms with Gasteiger partial charge >= 0.3 is 5.65 Å². The van der Waals surface area contributed by atoms with Gasteiger partial charge in [-0.1, -0.05) is 6.42 Å². The van der Waals surface area contributed by atoms with E-state index in [9.17, 15) is 5.21 Å². The van der Waals surface area contributed by atoms with Gasteiger partial charge in [0, 0.05) is 5.92 Å². The molecule has 1 aliphatic carbocycles. The van der Waals surface area contributed by atoms with Crippen molar-refractivity contribution < 1.29 is 4.73 Å². The van der Waals surface area contributed by atoms with Gasteiger partial charge in [0.25, 0.3) is 0 Å². The van der Waals surface area contributed by atoms with Gasteiger partial charge in [-0.2, -0.15) is 0 Å². The predicted molar refractivity (Wildman–Crippen MR) is 51.6 cm³/mol. The van der Waals surface area contributed by atoms with Gasteiger partial charge in [0.1, 0.15) is 0 Å². The first-order valence-electron chi connectivity index (χ1n) is 4.92. The van der Waals surface area contributed by atoms with E-state index in [1.165, 1.54) is 25.5 Å². The molecule has 0 unspecified atom stereocenters. The molecule has 0 saturated heterocycles. The number of aromatic nitrogens is 3. The first kappa shape index (κ1) is 7.79. The van der Waals surface area contributed by atoms with Crippen LogP contribution in [0, 0.1) is 5.21 Å². The molecule has 1 aliphatic rings. The van der Waals surface area contributed by atoms with Crippen molar-refractivity contribution in [2.24, 2.45) is 0 Å². The van der Waals surface area contributed by atoms with Crippen LogP contribution in [0.4, 0.5) is 0 Å². The number of pyridine rings is 1. The van der Waals surface area contributed by atoms with Crippen molar-refractivity contribution in [3.05, 3.63) is 29.4 Å². The number of hydrogen-bond donors (Lipinski definition) is 1. The molecule has 2 aromatic heterocycles. The summed E-state index contributed by atoms with van der Waals surface area (Å²) >= 11 is 0. The van der Waals surface area contributed by atoms with Gasteiger partial charge in [0.15, 0.2) is 11.3 Å². The van der Waals surface area contributed by atoms with Crippen molar-refractivity contribution in [2.75, 3.05) is 0 Å². The van der Waals surface area contributed by atoms with E-state index in [2.05, 4.69) is 9.97 Å². The molecule has 0 aromatic carbocycles. The van der Waals surface area contributed by atoms with Crippen LogP contribution >= 0.6 is 0 Å². The zero-order valence-electron chi connectivity index (χ0n) is 7.73. The number of imidazole rings is 1. The fourth-order valence-corrected chi connectivity index (χ4v) is 1.84. The minimum atomic E-state index is 0.544. The Morgan fingerprint density at radius 1 is 1.50 bits per heavy atom. The number of aromatic amines is 1. The van der Waals surface area contributed by atoms with Crippen molar-refractivity contribution in [1.29, 1.82) is 0 Å². The minimum Gasteiger partial charge on any atom is -0.711 e. The lowest BCUT2D eigenvalue weighted by Crippen LogP contribution is -2.26. The molecule has 72 valence electrons. The van der Waals surface area contributed by atoms with Crippen molar-refractivity contribution in [3.63, 3.8) is 0 Å². The molecule has 0 amide bonds. The predicted octanol–water partition coefficient (Wildman–Crippen LogP) is 1.46. The van der Waals surface area contributed by atoms with Crippen LogP contribution in [0.15, 0.2) is 18.3 Å². The Morgan fingerprint density at radius 3 is 3.00 bits per heavy atom. The highest BCUT2D eigenvalue weighted by Crippen LogP contribution is 2.34. The third-order valence-corrected chi connectivity index (χ3v) is 2.92. The Labute approximate surface area is 81.2 Å². The summed E-state index contributed by atoms with van der Waals surface area (Å²) in [5.74, 6) is 1.52. The molecule has 0 bridgehead atoms. The van der Waals surface area contributed by atoms with Gasteiger partial charge in [-0.3, -0.25) is 0 Å². The maximum absolute atomic E-state index is 11.4. The normalized spacial score (nSPS) is 17.1. The number of nitrogens with one attached hydrogen (secondary N) is 1. The van der Waals surface area contributed by atoms with Crippen LogP contribution in [-0.4, -0.2) is 9.97 Å². The average molecular weight is 189 g/mol. The Bertz CT molecular complexity index is 473. The molecule has 14 heavy (non-hydrogen) atoms. The Morgan fingerprint density at radius 2 is 2.36 bits per heavy atom. The molecule has 0 aliphatic heterocycles. The monoisotopic (exact) mass is 189 g/mol. The van der Waals surface area contributed by atoms with E-state index in [4.69, 9.17) is 0 Å². The zero-order chi connectivity index (χ0) is 9.54.